The lowest BCUT2D eigenvalue weighted by atomic mass is 10.1. The maximum absolute atomic E-state index is 11.8. The van der Waals surface area contributed by atoms with Crippen molar-refractivity contribution in [2.75, 3.05) is 6.54 Å². The summed E-state index contributed by atoms with van der Waals surface area (Å²) in [5.74, 6) is 0.00250. The Balaban J connectivity index is 2.34. The topological polar surface area (TPSA) is 58.2 Å². The molecule has 1 rings (SSSR count). The van der Waals surface area contributed by atoms with Crippen molar-refractivity contribution in [3.63, 3.8) is 0 Å². The third kappa shape index (κ3) is 5.87. The summed E-state index contributed by atoms with van der Waals surface area (Å²) in [6, 6.07) is 7.08. The summed E-state index contributed by atoms with van der Waals surface area (Å²) in [5.41, 5.74) is 0.515. The minimum Gasteiger partial charge on any atom is -0.350 e. The summed E-state index contributed by atoms with van der Waals surface area (Å²) in [4.78, 5) is 23.3. The number of hydrogen-bond donors (Lipinski definition) is 2. The first-order chi connectivity index (χ1) is 9.00. The fraction of sp³-hybridized carbons (Fsp3) is 0.357. The molecule has 0 aromatic heterocycles. The molecule has 103 valence electrons. The van der Waals surface area contributed by atoms with Crippen LogP contribution in [0.4, 0.5) is 0 Å². The first-order valence-corrected chi connectivity index (χ1v) is 6.93. The van der Waals surface area contributed by atoms with Gasteiger partial charge in [-0.3, -0.25) is 9.59 Å². The van der Waals surface area contributed by atoms with Gasteiger partial charge < -0.3 is 10.6 Å². The Morgan fingerprint density at radius 3 is 2.63 bits per heavy atom. The number of carbonyl (C=O) groups is 2. The predicted molar refractivity (Wildman–Crippen MR) is 78.4 cm³/mol. The zero-order valence-corrected chi connectivity index (χ0v) is 12.7. The molecule has 0 saturated carbocycles. The van der Waals surface area contributed by atoms with Gasteiger partial charge in [-0.05, 0) is 40.4 Å². The van der Waals surface area contributed by atoms with Crippen molar-refractivity contribution in [1.82, 2.24) is 10.6 Å². The van der Waals surface area contributed by atoms with E-state index in [1.165, 1.54) is 0 Å². The first kappa shape index (κ1) is 15.7. The molecule has 1 radical (unpaired) electrons. The Morgan fingerprint density at radius 2 is 2.00 bits per heavy atom. The van der Waals surface area contributed by atoms with E-state index in [1.54, 1.807) is 24.7 Å². The average Bonchev–Trinajstić information content (AvgIpc) is 2.36. The van der Waals surface area contributed by atoms with E-state index < -0.39 is 0 Å². The van der Waals surface area contributed by atoms with Crippen LogP contribution in [0.5, 0.6) is 0 Å². The normalized spacial score (nSPS) is 10.3. The largest absolute Gasteiger partial charge is 0.350 e. The van der Waals surface area contributed by atoms with Gasteiger partial charge in [0.05, 0.1) is 12.1 Å². The second-order valence-electron chi connectivity index (χ2n) is 4.56. The van der Waals surface area contributed by atoms with Crippen LogP contribution in [0.3, 0.4) is 0 Å². The van der Waals surface area contributed by atoms with Gasteiger partial charge >= 0.3 is 0 Å². The zero-order chi connectivity index (χ0) is 14.3. The Morgan fingerprint density at radius 1 is 1.32 bits per heavy atom. The first-order valence-electron chi connectivity index (χ1n) is 6.14. The highest BCUT2D eigenvalue weighted by atomic mass is 79.9. The van der Waals surface area contributed by atoms with Gasteiger partial charge in [0.15, 0.2) is 0 Å². The molecule has 19 heavy (non-hydrogen) atoms. The third-order valence-corrected chi connectivity index (χ3v) is 3.07. The van der Waals surface area contributed by atoms with Crippen molar-refractivity contribution in [2.24, 2.45) is 5.92 Å². The highest BCUT2D eigenvalue weighted by molar-refractivity contribution is 9.10. The molecule has 5 heteroatoms. The lowest BCUT2D eigenvalue weighted by Gasteiger charge is -2.08. The Labute approximate surface area is 122 Å². The zero-order valence-electron chi connectivity index (χ0n) is 11.1. The van der Waals surface area contributed by atoms with Crippen molar-refractivity contribution in [3.8, 4) is 0 Å². The quantitative estimate of drug-likeness (QED) is 0.844. The van der Waals surface area contributed by atoms with Crippen LogP contribution in [-0.2, 0) is 4.79 Å². The molecule has 0 spiro atoms. The molecule has 1 aromatic rings. The number of nitrogens with one attached hydrogen (secondary N) is 2. The van der Waals surface area contributed by atoms with Gasteiger partial charge in [0, 0.05) is 11.0 Å². The number of benzene rings is 1. The summed E-state index contributed by atoms with van der Waals surface area (Å²) < 4.78 is 0.708. The molecule has 0 aliphatic heterocycles. The van der Waals surface area contributed by atoms with Gasteiger partial charge in [0.1, 0.15) is 0 Å². The predicted octanol–water partition coefficient (Wildman–Crippen LogP) is 2.50. The molecule has 2 N–H and O–H groups in total. The molecular weight excluding hydrogens is 308 g/mol. The molecule has 0 atom stereocenters. The van der Waals surface area contributed by atoms with Crippen LogP contribution in [0.15, 0.2) is 28.7 Å². The van der Waals surface area contributed by atoms with Crippen LogP contribution >= 0.6 is 15.9 Å². The van der Waals surface area contributed by atoms with Crippen molar-refractivity contribution < 1.29 is 9.59 Å². The number of carbonyl (C=O) groups excluding carboxylic acids is 2. The Hall–Kier alpha value is -1.36. The molecule has 0 aliphatic carbocycles. The van der Waals surface area contributed by atoms with Crippen LogP contribution in [-0.4, -0.2) is 18.4 Å². The number of hydrogen-bond acceptors (Lipinski definition) is 2. The Kier molecular flexibility index (Phi) is 6.56. The summed E-state index contributed by atoms with van der Waals surface area (Å²) in [6.07, 6.45) is 0.809. The minimum absolute atomic E-state index is 0.0330. The van der Waals surface area contributed by atoms with E-state index >= 15 is 0 Å². The number of halogens is 1. The summed E-state index contributed by atoms with van der Waals surface area (Å²) in [6.45, 7) is 5.82. The highest BCUT2D eigenvalue weighted by Crippen LogP contribution is 2.15. The van der Waals surface area contributed by atoms with Gasteiger partial charge in [0.2, 0.25) is 5.91 Å². The molecule has 2 amide bonds. The van der Waals surface area contributed by atoms with Gasteiger partial charge in [-0.25, -0.2) is 0 Å². The van der Waals surface area contributed by atoms with E-state index in [0.29, 0.717) is 16.0 Å². The van der Waals surface area contributed by atoms with Crippen LogP contribution in [0, 0.1) is 12.5 Å². The fourth-order valence-corrected chi connectivity index (χ4v) is 1.83. The summed E-state index contributed by atoms with van der Waals surface area (Å²) in [5, 5.41) is 5.22. The molecule has 4 nitrogen and oxygen atoms in total. The standard InChI is InChI=1S/C14H18BrN2O2/c1-10(2)7-8-16-13(18)9-17-14(19)11-5-3-4-6-12(11)15/h3-6,8,10H,7,9H2,1-2H3,(H,16,18)(H,17,19). The molecule has 0 bridgehead atoms. The summed E-state index contributed by atoms with van der Waals surface area (Å²) >= 11 is 3.29. The van der Waals surface area contributed by atoms with E-state index in [0.717, 1.165) is 6.42 Å². The molecule has 0 unspecified atom stereocenters. The van der Waals surface area contributed by atoms with Gasteiger partial charge in [0.25, 0.3) is 5.91 Å². The maximum Gasteiger partial charge on any atom is 0.252 e. The fourth-order valence-electron chi connectivity index (χ4n) is 1.36. The highest BCUT2D eigenvalue weighted by Gasteiger charge is 2.10. The van der Waals surface area contributed by atoms with E-state index in [2.05, 4.69) is 40.4 Å². The van der Waals surface area contributed by atoms with Crippen molar-refractivity contribution in [3.05, 3.63) is 40.8 Å². The number of amides is 2. The van der Waals surface area contributed by atoms with Gasteiger partial charge in [-0.15, -0.1) is 0 Å². The maximum atomic E-state index is 11.8. The van der Waals surface area contributed by atoms with Gasteiger partial charge in [-0.2, -0.15) is 0 Å². The molecule has 0 saturated heterocycles. The van der Waals surface area contributed by atoms with E-state index in [4.69, 9.17) is 0 Å². The van der Waals surface area contributed by atoms with E-state index in [1.807, 2.05) is 6.07 Å². The smallest absolute Gasteiger partial charge is 0.252 e. The van der Waals surface area contributed by atoms with Crippen LogP contribution in [0.1, 0.15) is 30.6 Å². The summed E-state index contributed by atoms with van der Waals surface area (Å²) in [7, 11) is 0. The van der Waals surface area contributed by atoms with Crippen LogP contribution in [0.25, 0.3) is 0 Å². The monoisotopic (exact) mass is 325 g/mol. The third-order valence-electron chi connectivity index (χ3n) is 2.38. The molecule has 0 heterocycles. The molecule has 0 fully saturated rings. The number of rotatable bonds is 6. The van der Waals surface area contributed by atoms with Gasteiger partial charge in [-0.1, -0.05) is 26.0 Å². The van der Waals surface area contributed by atoms with Crippen molar-refractivity contribution in [2.45, 2.75) is 20.3 Å². The Bertz CT molecular complexity index is 447. The average molecular weight is 326 g/mol. The molecule has 1 aromatic carbocycles. The van der Waals surface area contributed by atoms with E-state index in [9.17, 15) is 9.59 Å². The van der Waals surface area contributed by atoms with Crippen molar-refractivity contribution >= 4 is 27.7 Å². The minimum atomic E-state index is -0.272. The lowest BCUT2D eigenvalue weighted by molar-refractivity contribution is -0.119. The van der Waals surface area contributed by atoms with E-state index in [-0.39, 0.29) is 18.4 Å². The van der Waals surface area contributed by atoms with Crippen molar-refractivity contribution in [1.29, 1.82) is 0 Å². The van der Waals surface area contributed by atoms with Crippen LogP contribution < -0.4 is 10.6 Å². The lowest BCUT2D eigenvalue weighted by Crippen LogP contribution is -2.36. The van der Waals surface area contributed by atoms with Crippen LogP contribution in [0.2, 0.25) is 0 Å². The second kappa shape index (κ2) is 7.94. The molecular formula is C14H18BrN2O2. The molecule has 0 aliphatic rings. The SMILES string of the molecule is CC(C)C[CH]NC(=O)CNC(=O)c1ccccc1Br. The second-order valence-corrected chi connectivity index (χ2v) is 5.42.